The van der Waals surface area contributed by atoms with Crippen molar-refractivity contribution >= 4 is 14.3 Å². The van der Waals surface area contributed by atoms with Crippen molar-refractivity contribution in [3.8, 4) is 0 Å². The first kappa shape index (κ1) is 16.3. The second-order valence-electron chi connectivity index (χ2n) is 1.87. The van der Waals surface area contributed by atoms with Crippen LogP contribution in [-0.2, 0) is 0 Å². The molecule has 0 amide bonds. The molecule has 0 bridgehead atoms. The van der Waals surface area contributed by atoms with E-state index in [9.17, 15) is 39.5 Å². The van der Waals surface area contributed by atoms with Crippen molar-refractivity contribution in [2.75, 3.05) is 0 Å². The van der Waals surface area contributed by atoms with Crippen molar-refractivity contribution in [2.45, 2.75) is 15.0 Å². The predicted molar refractivity (Wildman–Crippen MR) is 27.5 cm³/mol. The topological polar surface area (TPSA) is 31.5 Å². The molecule has 0 saturated heterocycles. The fourth-order valence-corrected chi connectivity index (χ4v) is 2.51. The van der Waals surface area contributed by atoms with E-state index in [1.54, 1.807) is 0 Å². The van der Waals surface area contributed by atoms with E-state index < -0.39 is 29.4 Å². The summed E-state index contributed by atoms with van der Waals surface area (Å²) in [6.45, 7) is 0. The number of hydrogen-bond donors (Lipinski definition) is 0. The molecule has 0 saturated carbocycles. The largest absolute Gasteiger partial charge is 0.412 e. The molecule has 14 heavy (non-hydrogen) atoms. The van der Waals surface area contributed by atoms with Gasteiger partial charge in [0.2, 0.25) is 0 Å². The first-order chi connectivity index (χ1) is 5.37. The second-order valence-corrected chi connectivity index (χ2v) is 7.01. The van der Waals surface area contributed by atoms with Gasteiger partial charge >= 0.3 is 68.9 Å². The molecule has 0 atom stereocenters. The first-order valence-electron chi connectivity index (χ1n) is 2.45. The molecule has 0 aliphatic rings. The minimum absolute atomic E-state index is 0. The summed E-state index contributed by atoms with van der Waals surface area (Å²) in [5, 5.41) is -18.6. The Kier molecular flexibility index (Phi) is 4.85. The Bertz CT molecular complexity index is 143. The summed E-state index contributed by atoms with van der Waals surface area (Å²) in [7, 11) is 0. The monoisotopic (exact) mass is 299 g/mol. The van der Waals surface area contributed by atoms with E-state index in [-0.39, 0.29) is 5.48 Å². The zero-order valence-electron chi connectivity index (χ0n) is 5.90. The van der Waals surface area contributed by atoms with Gasteiger partial charge in [0, 0.05) is 0 Å². The van der Waals surface area contributed by atoms with Gasteiger partial charge in [-0.1, -0.05) is 0 Å². The van der Waals surface area contributed by atoms with Crippen LogP contribution in [0.15, 0.2) is 0 Å². The molecule has 1 nitrogen and oxygen atoms in total. The molecule has 1 radical (unpaired) electrons. The number of hydrogen-bond acceptors (Lipinski definition) is 0. The molecule has 0 aliphatic carbocycles. The molecule has 87 valence electrons. The Balaban J connectivity index is 0. The van der Waals surface area contributed by atoms with Crippen LogP contribution in [0.3, 0.4) is 0 Å². The molecule has 0 aliphatic heterocycles. The van der Waals surface area contributed by atoms with Crippen molar-refractivity contribution in [1.82, 2.24) is 0 Å². The standard InChI is InChI=1S/C3F9Ge.H2O/c4-1(5,6)13(2(7,8)9)3(10,11)12;/h;1H2. The summed E-state index contributed by atoms with van der Waals surface area (Å²) in [4.78, 5) is 0. The van der Waals surface area contributed by atoms with Crippen molar-refractivity contribution in [3.63, 3.8) is 0 Å². The maximum atomic E-state index is 11.3. The van der Waals surface area contributed by atoms with Crippen LogP contribution in [0, 0.1) is 0 Å². The minimum atomic E-state index is -7.10. The van der Waals surface area contributed by atoms with Gasteiger partial charge < -0.3 is 5.48 Å². The molecule has 2 N–H and O–H groups in total. The maximum absolute atomic E-state index is 11.3. The molecule has 0 aromatic carbocycles. The van der Waals surface area contributed by atoms with Crippen molar-refractivity contribution in [1.29, 1.82) is 0 Å². The van der Waals surface area contributed by atoms with E-state index >= 15 is 0 Å². The van der Waals surface area contributed by atoms with Crippen molar-refractivity contribution in [3.05, 3.63) is 0 Å². The van der Waals surface area contributed by atoms with Crippen molar-refractivity contribution < 1.29 is 45.0 Å². The molecular formula is C3H2F9GeO. The third-order valence-electron chi connectivity index (χ3n) is 0.850. The van der Waals surface area contributed by atoms with Crippen LogP contribution < -0.4 is 0 Å². The molecule has 0 heterocycles. The van der Waals surface area contributed by atoms with Gasteiger partial charge in [-0.2, -0.15) is 0 Å². The van der Waals surface area contributed by atoms with Gasteiger partial charge in [0.15, 0.2) is 0 Å². The summed E-state index contributed by atoms with van der Waals surface area (Å²) in [5.41, 5.74) is 0. The van der Waals surface area contributed by atoms with Gasteiger partial charge in [0.1, 0.15) is 0 Å². The molecule has 0 fully saturated rings. The van der Waals surface area contributed by atoms with Crippen LogP contribution in [0.5, 0.6) is 0 Å². The van der Waals surface area contributed by atoms with Gasteiger partial charge in [-0.25, -0.2) is 0 Å². The predicted octanol–water partition coefficient (Wildman–Crippen LogP) is 1.96. The van der Waals surface area contributed by atoms with E-state index in [2.05, 4.69) is 0 Å². The summed E-state index contributed by atoms with van der Waals surface area (Å²) in [6.07, 6.45) is 0. The van der Waals surface area contributed by atoms with Crippen LogP contribution >= 0.6 is 0 Å². The van der Waals surface area contributed by atoms with Gasteiger partial charge in [-0.05, 0) is 0 Å². The normalized spacial score (nSPS) is 14.1. The number of halogens is 9. The second kappa shape index (κ2) is 4.17. The van der Waals surface area contributed by atoms with Crippen LogP contribution in [0.2, 0.25) is 0 Å². The van der Waals surface area contributed by atoms with Crippen LogP contribution in [0.4, 0.5) is 39.5 Å². The van der Waals surface area contributed by atoms with E-state index in [0.29, 0.717) is 0 Å². The summed E-state index contributed by atoms with van der Waals surface area (Å²) >= 11 is -7.10. The minimum Gasteiger partial charge on any atom is -0.412 e. The third-order valence-corrected chi connectivity index (χ3v) is 4.42. The zero-order valence-corrected chi connectivity index (χ0v) is 8.00. The Morgan fingerprint density at radius 2 is 0.643 bits per heavy atom. The Morgan fingerprint density at radius 1 is 0.500 bits per heavy atom. The fraction of sp³-hybridized carbons (Fsp3) is 1.00. The van der Waals surface area contributed by atoms with Gasteiger partial charge in [0.05, 0.1) is 0 Å². The smallest absolute Gasteiger partial charge is 0.412 e. The zero-order chi connectivity index (χ0) is 11.1. The Hall–Kier alpha value is -0.127. The van der Waals surface area contributed by atoms with Crippen molar-refractivity contribution in [2.24, 2.45) is 0 Å². The average Bonchev–Trinajstić information content (AvgIpc) is 1.44. The Morgan fingerprint density at radius 3 is 0.643 bits per heavy atom. The Labute approximate surface area is 75.3 Å². The SMILES string of the molecule is F[C](F)(F)[Ge]([C](F)(F)F)[C](F)(F)F.O. The first-order valence-corrected chi connectivity index (χ1v) is 5.60. The quantitative estimate of drug-likeness (QED) is 0.484. The van der Waals surface area contributed by atoms with E-state index in [4.69, 9.17) is 0 Å². The average molecular weight is 298 g/mol. The fourth-order valence-electron chi connectivity index (χ4n) is 0.482. The van der Waals surface area contributed by atoms with E-state index in [0.717, 1.165) is 0 Å². The van der Waals surface area contributed by atoms with Crippen LogP contribution in [0.25, 0.3) is 0 Å². The van der Waals surface area contributed by atoms with Gasteiger partial charge in [-0.3, -0.25) is 0 Å². The molecule has 0 aromatic heterocycles. The molecular weight excluding hydrogens is 296 g/mol. The molecule has 11 heteroatoms. The summed E-state index contributed by atoms with van der Waals surface area (Å²) in [5.74, 6) is 0. The van der Waals surface area contributed by atoms with Crippen LogP contribution in [0.1, 0.15) is 0 Å². The molecule has 0 unspecified atom stereocenters. The third kappa shape index (κ3) is 4.39. The maximum Gasteiger partial charge on any atom is -0.412 e. The van der Waals surface area contributed by atoms with E-state index in [1.165, 1.54) is 0 Å². The summed E-state index contributed by atoms with van der Waals surface area (Å²) < 4.78 is 102. The molecule has 0 spiro atoms. The number of rotatable bonds is 0. The van der Waals surface area contributed by atoms with Gasteiger partial charge in [0.25, 0.3) is 0 Å². The number of alkyl halides is 9. The molecule has 0 aromatic rings. The summed E-state index contributed by atoms with van der Waals surface area (Å²) in [6, 6.07) is 0. The van der Waals surface area contributed by atoms with E-state index in [1.807, 2.05) is 0 Å². The van der Waals surface area contributed by atoms with Crippen LogP contribution in [-0.4, -0.2) is 34.9 Å². The molecule has 0 rings (SSSR count). The van der Waals surface area contributed by atoms with Gasteiger partial charge in [-0.15, -0.1) is 0 Å².